The predicted molar refractivity (Wildman–Crippen MR) is 132 cm³/mol. The lowest BCUT2D eigenvalue weighted by molar-refractivity contribution is -0.146. The molecule has 3 aliphatic rings. The first-order valence-electron chi connectivity index (χ1n) is 12.5. The summed E-state index contributed by atoms with van der Waals surface area (Å²) in [6, 6.07) is 9.90. The van der Waals surface area contributed by atoms with Gasteiger partial charge in [-0.3, -0.25) is 14.4 Å². The third kappa shape index (κ3) is 5.60. The molecule has 5 rings (SSSR count). The fraction of sp³-hybridized carbons (Fsp3) is 0.444. The molecule has 0 saturated carbocycles. The van der Waals surface area contributed by atoms with Crippen molar-refractivity contribution in [1.29, 1.82) is 0 Å². The first-order valence-corrected chi connectivity index (χ1v) is 12.5. The zero-order chi connectivity index (χ0) is 25.9. The van der Waals surface area contributed by atoms with Gasteiger partial charge in [0, 0.05) is 31.4 Å². The number of amides is 3. The van der Waals surface area contributed by atoms with Gasteiger partial charge in [0.05, 0.1) is 37.3 Å². The number of hydrogen-bond donors (Lipinski definition) is 1. The molecule has 10 heteroatoms. The molecule has 2 fully saturated rings. The Morgan fingerprint density at radius 1 is 1.08 bits per heavy atom. The minimum atomic E-state index is -0.427. The minimum Gasteiger partial charge on any atom is -0.490 e. The highest BCUT2D eigenvalue weighted by Crippen LogP contribution is 2.33. The summed E-state index contributed by atoms with van der Waals surface area (Å²) in [5, 5.41) is 2.75. The second kappa shape index (κ2) is 10.9. The summed E-state index contributed by atoms with van der Waals surface area (Å²) < 4.78 is 30.8. The van der Waals surface area contributed by atoms with Gasteiger partial charge < -0.3 is 29.3 Å². The van der Waals surface area contributed by atoms with Crippen molar-refractivity contribution in [3.05, 3.63) is 59.4 Å². The van der Waals surface area contributed by atoms with E-state index >= 15 is 0 Å². The summed E-state index contributed by atoms with van der Waals surface area (Å²) in [4.78, 5) is 42.1. The Hall–Kier alpha value is -3.50. The third-order valence-electron chi connectivity index (χ3n) is 7.14. The number of halogens is 1. The van der Waals surface area contributed by atoms with Crippen LogP contribution in [0.15, 0.2) is 42.5 Å². The number of anilines is 1. The number of benzene rings is 2. The van der Waals surface area contributed by atoms with Crippen molar-refractivity contribution >= 4 is 23.4 Å². The number of nitrogens with zero attached hydrogens (tertiary/aromatic N) is 2. The first kappa shape index (κ1) is 25.2. The minimum absolute atomic E-state index is 0.0588. The molecular weight excluding hydrogens is 481 g/mol. The zero-order valence-electron chi connectivity index (χ0n) is 20.7. The summed E-state index contributed by atoms with van der Waals surface area (Å²) in [5.74, 6) is -0.628. The molecule has 0 aromatic heterocycles. The molecule has 0 bridgehead atoms. The van der Waals surface area contributed by atoms with Gasteiger partial charge in [-0.05, 0) is 55.3 Å². The van der Waals surface area contributed by atoms with E-state index in [0.29, 0.717) is 68.1 Å². The molecule has 1 N–H and O–H groups in total. The Morgan fingerprint density at radius 2 is 1.84 bits per heavy atom. The molecule has 2 saturated heterocycles. The molecule has 0 radical (unpaired) electrons. The summed E-state index contributed by atoms with van der Waals surface area (Å²) in [6.45, 7) is 2.54. The van der Waals surface area contributed by atoms with Gasteiger partial charge in [0.2, 0.25) is 5.91 Å². The summed E-state index contributed by atoms with van der Waals surface area (Å²) in [5.41, 5.74) is 1.07. The van der Waals surface area contributed by atoms with Crippen LogP contribution in [0.25, 0.3) is 0 Å². The Labute approximate surface area is 214 Å². The van der Waals surface area contributed by atoms with Gasteiger partial charge in [-0.25, -0.2) is 4.39 Å². The Bertz CT molecular complexity index is 1170. The van der Waals surface area contributed by atoms with Crippen molar-refractivity contribution in [3.63, 3.8) is 0 Å². The highest BCUT2D eigenvalue weighted by Gasteiger charge is 2.39. The van der Waals surface area contributed by atoms with Gasteiger partial charge >= 0.3 is 0 Å². The van der Waals surface area contributed by atoms with Gasteiger partial charge in [-0.15, -0.1) is 0 Å². The second-order valence-corrected chi connectivity index (χ2v) is 9.54. The van der Waals surface area contributed by atoms with E-state index in [1.165, 1.54) is 24.3 Å². The van der Waals surface area contributed by atoms with Gasteiger partial charge in [0.1, 0.15) is 24.3 Å². The number of carbonyl (C=O) groups excluding carboxylic acids is 3. The number of likely N-dealkylation sites (N-methyl/N-ethyl adjacent to an activating group) is 1. The van der Waals surface area contributed by atoms with Crippen LogP contribution in [0.5, 0.6) is 5.75 Å². The van der Waals surface area contributed by atoms with E-state index in [1.54, 1.807) is 30.1 Å². The third-order valence-corrected chi connectivity index (χ3v) is 7.14. The van der Waals surface area contributed by atoms with E-state index in [1.807, 2.05) is 4.90 Å². The van der Waals surface area contributed by atoms with Crippen molar-refractivity contribution < 1.29 is 33.0 Å². The lowest BCUT2D eigenvalue weighted by atomic mass is 9.94. The standard InChI is InChI=1S/C27H30FN3O6/c1-30-22-8-7-20(15-25(32)31-10-12-35-13-11-31)37-24(22)16-36-23-9-6-19(14-21(23)27(30)34)29-26(33)17-2-4-18(28)5-3-17/h2-6,9,14,20,22,24H,7-8,10-13,15-16H2,1H3,(H,29,33)/t20-,22+,24+/m1/s1. The van der Waals surface area contributed by atoms with E-state index in [0.717, 1.165) is 0 Å². The lowest BCUT2D eigenvalue weighted by Gasteiger charge is -2.42. The van der Waals surface area contributed by atoms with Crippen molar-refractivity contribution in [1.82, 2.24) is 9.80 Å². The molecular formula is C27H30FN3O6. The van der Waals surface area contributed by atoms with Crippen molar-refractivity contribution in [3.8, 4) is 5.75 Å². The van der Waals surface area contributed by atoms with Crippen LogP contribution in [-0.4, -0.2) is 85.7 Å². The molecule has 3 amide bonds. The predicted octanol–water partition coefficient (Wildman–Crippen LogP) is 2.71. The SMILES string of the molecule is CN1C(=O)c2cc(NC(=O)c3ccc(F)cc3)ccc2OC[C@@H]2O[C@@H](CC(=O)N3CCOCC3)CC[C@@H]21. The molecule has 3 heterocycles. The summed E-state index contributed by atoms with van der Waals surface area (Å²) in [7, 11) is 1.74. The van der Waals surface area contributed by atoms with Crippen LogP contribution >= 0.6 is 0 Å². The Morgan fingerprint density at radius 3 is 2.59 bits per heavy atom. The van der Waals surface area contributed by atoms with Crippen LogP contribution in [0.1, 0.15) is 40.0 Å². The topological polar surface area (TPSA) is 97.4 Å². The molecule has 2 aromatic carbocycles. The number of hydrogen-bond acceptors (Lipinski definition) is 6. The fourth-order valence-corrected chi connectivity index (χ4v) is 5.05. The van der Waals surface area contributed by atoms with Crippen LogP contribution in [0.2, 0.25) is 0 Å². The molecule has 196 valence electrons. The van der Waals surface area contributed by atoms with Gasteiger partial charge in [0.25, 0.3) is 11.8 Å². The normalized spacial score (nSPS) is 23.7. The second-order valence-electron chi connectivity index (χ2n) is 9.54. The molecule has 0 aliphatic carbocycles. The van der Waals surface area contributed by atoms with Crippen molar-refractivity contribution in [2.75, 3.05) is 45.3 Å². The van der Waals surface area contributed by atoms with E-state index in [4.69, 9.17) is 14.2 Å². The quantitative estimate of drug-likeness (QED) is 0.678. The summed E-state index contributed by atoms with van der Waals surface area (Å²) in [6.07, 6.45) is 1.06. The lowest BCUT2D eigenvalue weighted by Crippen LogP contribution is -2.54. The van der Waals surface area contributed by atoms with Gasteiger partial charge in [0.15, 0.2) is 0 Å². The Balaban J connectivity index is 1.26. The van der Waals surface area contributed by atoms with E-state index in [-0.39, 0.29) is 36.7 Å². The molecule has 37 heavy (non-hydrogen) atoms. The maximum atomic E-state index is 13.4. The highest BCUT2D eigenvalue weighted by molar-refractivity contribution is 6.05. The van der Waals surface area contributed by atoms with Gasteiger partial charge in [-0.1, -0.05) is 0 Å². The van der Waals surface area contributed by atoms with Crippen LogP contribution in [0.3, 0.4) is 0 Å². The fourth-order valence-electron chi connectivity index (χ4n) is 5.05. The molecule has 0 unspecified atom stereocenters. The van der Waals surface area contributed by atoms with Crippen molar-refractivity contribution in [2.45, 2.75) is 37.5 Å². The van der Waals surface area contributed by atoms with Crippen LogP contribution in [0.4, 0.5) is 10.1 Å². The monoisotopic (exact) mass is 511 g/mol. The molecule has 9 nitrogen and oxygen atoms in total. The first-order chi connectivity index (χ1) is 17.9. The van der Waals surface area contributed by atoms with E-state index in [9.17, 15) is 18.8 Å². The number of nitrogens with one attached hydrogen (secondary N) is 1. The maximum Gasteiger partial charge on any atom is 0.257 e. The average molecular weight is 512 g/mol. The molecule has 3 atom stereocenters. The number of fused-ring (bicyclic) bond motifs is 2. The summed E-state index contributed by atoms with van der Waals surface area (Å²) >= 11 is 0. The van der Waals surface area contributed by atoms with Crippen molar-refractivity contribution in [2.24, 2.45) is 0 Å². The molecule has 2 aromatic rings. The number of morpholine rings is 1. The van der Waals surface area contributed by atoms with Gasteiger partial charge in [-0.2, -0.15) is 0 Å². The maximum absolute atomic E-state index is 13.4. The largest absolute Gasteiger partial charge is 0.490 e. The number of ether oxygens (including phenoxy) is 3. The number of carbonyl (C=O) groups is 3. The van der Waals surface area contributed by atoms with E-state index in [2.05, 4.69) is 5.32 Å². The van der Waals surface area contributed by atoms with Crippen LogP contribution in [-0.2, 0) is 14.3 Å². The number of rotatable bonds is 4. The smallest absolute Gasteiger partial charge is 0.257 e. The highest BCUT2D eigenvalue weighted by atomic mass is 19.1. The van der Waals surface area contributed by atoms with E-state index < -0.39 is 11.7 Å². The van der Waals surface area contributed by atoms with Crippen LogP contribution in [0, 0.1) is 5.82 Å². The average Bonchev–Trinajstić information content (AvgIpc) is 2.92. The van der Waals surface area contributed by atoms with Crippen LogP contribution < -0.4 is 10.1 Å². The molecule has 3 aliphatic heterocycles. The Kier molecular flexibility index (Phi) is 7.38. The molecule has 0 spiro atoms. The zero-order valence-corrected chi connectivity index (χ0v) is 20.7.